The quantitative estimate of drug-likeness (QED) is 0.0320. The predicted octanol–water partition coefficient (Wildman–Crippen LogP) is 20.2. The number of aliphatic hydroxyl groups is 2. The van der Waals surface area contributed by atoms with Crippen molar-refractivity contribution in [1.82, 2.24) is 5.32 Å². The van der Waals surface area contributed by atoms with Gasteiger partial charge in [0.15, 0.2) is 0 Å². The smallest absolute Gasteiger partial charge is 0.305 e. The van der Waals surface area contributed by atoms with E-state index in [2.05, 4.69) is 31.3 Å². The van der Waals surface area contributed by atoms with E-state index in [1.54, 1.807) is 6.08 Å². The first-order chi connectivity index (χ1) is 35.0. The van der Waals surface area contributed by atoms with Crippen molar-refractivity contribution in [2.75, 3.05) is 13.2 Å². The Balaban J connectivity index is 3.32. The fraction of sp³-hybridized carbons (Fsp3) is 0.908. The number of carbonyl (C=O) groups excluding carboxylic acids is 2. The monoisotopic (exact) mass is 1000 g/mol. The second-order valence-corrected chi connectivity index (χ2v) is 22.1. The highest BCUT2D eigenvalue weighted by molar-refractivity contribution is 5.76. The number of carbonyl (C=O) groups is 2. The molecule has 6 nitrogen and oxygen atoms in total. The van der Waals surface area contributed by atoms with Crippen molar-refractivity contribution in [3.05, 3.63) is 24.3 Å². The molecule has 0 radical (unpaired) electrons. The lowest BCUT2D eigenvalue weighted by Crippen LogP contribution is -2.45. The Morgan fingerprint density at radius 1 is 0.380 bits per heavy atom. The summed E-state index contributed by atoms with van der Waals surface area (Å²) < 4.78 is 5.49. The van der Waals surface area contributed by atoms with Gasteiger partial charge in [-0.3, -0.25) is 9.59 Å². The van der Waals surface area contributed by atoms with Crippen LogP contribution in [-0.4, -0.2) is 47.4 Å². The number of amides is 1. The van der Waals surface area contributed by atoms with Crippen LogP contribution in [-0.2, 0) is 14.3 Å². The standard InChI is InChI=1S/C65H125NO5/c1-3-5-7-9-11-13-15-16-17-33-36-39-43-47-51-55-59-65(70)71-60-56-52-48-44-40-37-34-31-29-27-25-23-21-19-18-20-22-24-26-28-30-32-35-38-42-46-50-54-58-64(69)66-62(61-67)63(68)57-53-49-45-41-14-12-10-8-6-4-2/h17,33,53,57,62-63,67-68H,3-16,18-32,34-52,54-56,58-61H2,1-2H3,(H,66,69)/b33-17-,57-53+. The summed E-state index contributed by atoms with van der Waals surface area (Å²) in [6.45, 7) is 4.90. The third-order valence-electron chi connectivity index (χ3n) is 15.0. The second kappa shape index (κ2) is 60.9. The van der Waals surface area contributed by atoms with Gasteiger partial charge >= 0.3 is 5.97 Å². The van der Waals surface area contributed by atoms with Crippen LogP contribution in [0.15, 0.2) is 24.3 Å². The molecule has 0 aliphatic heterocycles. The summed E-state index contributed by atoms with van der Waals surface area (Å²) in [6.07, 6.45) is 75.3. The largest absolute Gasteiger partial charge is 0.466 e. The Labute approximate surface area is 443 Å². The number of esters is 1. The Bertz CT molecular complexity index is 1110. The van der Waals surface area contributed by atoms with Crippen LogP contribution >= 0.6 is 0 Å². The van der Waals surface area contributed by atoms with Crippen LogP contribution in [0.3, 0.4) is 0 Å². The third-order valence-corrected chi connectivity index (χ3v) is 15.0. The lowest BCUT2D eigenvalue weighted by molar-refractivity contribution is -0.143. The lowest BCUT2D eigenvalue weighted by Gasteiger charge is -2.20. The van der Waals surface area contributed by atoms with E-state index in [0.717, 1.165) is 44.9 Å². The van der Waals surface area contributed by atoms with Gasteiger partial charge in [-0.1, -0.05) is 308 Å². The van der Waals surface area contributed by atoms with Gasteiger partial charge in [0.1, 0.15) is 0 Å². The van der Waals surface area contributed by atoms with Gasteiger partial charge in [-0.15, -0.1) is 0 Å². The average Bonchev–Trinajstić information content (AvgIpc) is 3.37. The van der Waals surface area contributed by atoms with Crippen molar-refractivity contribution in [3.63, 3.8) is 0 Å². The number of hydrogen-bond acceptors (Lipinski definition) is 5. The van der Waals surface area contributed by atoms with Gasteiger partial charge in [0.25, 0.3) is 0 Å². The van der Waals surface area contributed by atoms with Crippen molar-refractivity contribution >= 4 is 11.9 Å². The minimum atomic E-state index is -0.840. The van der Waals surface area contributed by atoms with E-state index >= 15 is 0 Å². The summed E-state index contributed by atoms with van der Waals surface area (Å²) in [6, 6.07) is -0.623. The molecule has 0 heterocycles. The molecule has 0 saturated carbocycles. The first-order valence-corrected chi connectivity index (χ1v) is 32.1. The van der Waals surface area contributed by atoms with Crippen LogP contribution < -0.4 is 5.32 Å². The van der Waals surface area contributed by atoms with Crippen LogP contribution in [0.4, 0.5) is 0 Å². The minimum absolute atomic E-state index is 0.0113. The summed E-state index contributed by atoms with van der Waals surface area (Å²) in [5.41, 5.74) is 0. The van der Waals surface area contributed by atoms with Crippen LogP contribution in [0.2, 0.25) is 0 Å². The molecule has 1 amide bonds. The molecule has 0 aromatic carbocycles. The zero-order valence-corrected chi connectivity index (χ0v) is 48.0. The Kier molecular flexibility index (Phi) is 59.5. The highest BCUT2D eigenvalue weighted by Crippen LogP contribution is 2.18. The van der Waals surface area contributed by atoms with E-state index in [4.69, 9.17) is 4.74 Å². The van der Waals surface area contributed by atoms with Crippen molar-refractivity contribution in [3.8, 4) is 0 Å². The number of allylic oxidation sites excluding steroid dienone is 3. The first kappa shape index (κ1) is 69.3. The number of unbranched alkanes of at least 4 members (excludes halogenated alkanes) is 47. The molecule has 420 valence electrons. The molecular formula is C65H125NO5. The van der Waals surface area contributed by atoms with E-state index < -0.39 is 12.1 Å². The van der Waals surface area contributed by atoms with Gasteiger partial charge < -0.3 is 20.3 Å². The zero-order valence-electron chi connectivity index (χ0n) is 48.0. The van der Waals surface area contributed by atoms with E-state index in [0.29, 0.717) is 19.4 Å². The summed E-state index contributed by atoms with van der Waals surface area (Å²) in [5.74, 6) is -0.0544. The highest BCUT2D eigenvalue weighted by Gasteiger charge is 2.18. The minimum Gasteiger partial charge on any atom is -0.466 e. The van der Waals surface area contributed by atoms with Gasteiger partial charge in [0, 0.05) is 12.8 Å². The number of ether oxygens (including phenoxy) is 1. The summed E-state index contributed by atoms with van der Waals surface area (Å²) >= 11 is 0. The van der Waals surface area contributed by atoms with Gasteiger partial charge in [0.2, 0.25) is 5.91 Å². The molecule has 0 aromatic heterocycles. The normalized spacial score (nSPS) is 12.7. The number of hydrogen-bond donors (Lipinski definition) is 3. The predicted molar refractivity (Wildman–Crippen MR) is 310 cm³/mol. The second-order valence-electron chi connectivity index (χ2n) is 22.1. The molecule has 2 atom stereocenters. The van der Waals surface area contributed by atoms with Crippen LogP contribution in [0.25, 0.3) is 0 Å². The molecule has 2 unspecified atom stereocenters. The van der Waals surface area contributed by atoms with E-state index in [-0.39, 0.29) is 18.5 Å². The molecular weight excluding hydrogens is 875 g/mol. The molecule has 0 aliphatic rings. The molecule has 0 bridgehead atoms. The Hall–Kier alpha value is -1.66. The zero-order chi connectivity index (χ0) is 51.4. The maximum Gasteiger partial charge on any atom is 0.305 e. The molecule has 0 spiro atoms. The fourth-order valence-electron chi connectivity index (χ4n) is 10.0. The average molecular weight is 1000 g/mol. The summed E-state index contributed by atoms with van der Waals surface area (Å²) in [5, 5.41) is 23.0. The van der Waals surface area contributed by atoms with Crippen LogP contribution in [0, 0.1) is 0 Å². The van der Waals surface area contributed by atoms with E-state index in [9.17, 15) is 19.8 Å². The number of rotatable bonds is 60. The lowest BCUT2D eigenvalue weighted by atomic mass is 10.0. The molecule has 0 fully saturated rings. The SMILES string of the molecule is CCCCCCCCC/C=C\CCCCCCCC(=O)OCCCCCCCCCCCCCCCCCCCCCCCCCCCCCCC(=O)NC(CO)C(O)/C=C/CCCCCCCCCC. The van der Waals surface area contributed by atoms with Crippen molar-refractivity contribution in [1.29, 1.82) is 0 Å². The molecule has 0 aromatic rings. The fourth-order valence-corrected chi connectivity index (χ4v) is 10.0. The maximum atomic E-state index is 12.4. The molecule has 0 saturated heterocycles. The first-order valence-electron chi connectivity index (χ1n) is 32.1. The van der Waals surface area contributed by atoms with Crippen molar-refractivity contribution in [2.24, 2.45) is 0 Å². The van der Waals surface area contributed by atoms with E-state index in [1.807, 2.05) is 6.08 Å². The molecule has 71 heavy (non-hydrogen) atoms. The van der Waals surface area contributed by atoms with E-state index in [1.165, 1.54) is 283 Å². The van der Waals surface area contributed by atoms with Crippen molar-refractivity contribution < 1.29 is 24.5 Å². The summed E-state index contributed by atoms with van der Waals surface area (Å²) in [7, 11) is 0. The highest BCUT2D eigenvalue weighted by atomic mass is 16.5. The third kappa shape index (κ3) is 57.5. The molecule has 0 rings (SSSR count). The van der Waals surface area contributed by atoms with Gasteiger partial charge in [-0.2, -0.15) is 0 Å². The van der Waals surface area contributed by atoms with Gasteiger partial charge in [-0.25, -0.2) is 0 Å². The Morgan fingerprint density at radius 2 is 0.662 bits per heavy atom. The molecule has 3 N–H and O–H groups in total. The Morgan fingerprint density at radius 3 is 1.00 bits per heavy atom. The van der Waals surface area contributed by atoms with Gasteiger partial charge in [-0.05, 0) is 57.8 Å². The molecule has 0 aliphatic carbocycles. The topological polar surface area (TPSA) is 95.9 Å². The molecule has 6 heteroatoms. The number of nitrogens with one attached hydrogen (secondary N) is 1. The van der Waals surface area contributed by atoms with Crippen LogP contribution in [0.5, 0.6) is 0 Å². The summed E-state index contributed by atoms with van der Waals surface area (Å²) in [4.78, 5) is 24.5. The van der Waals surface area contributed by atoms with Gasteiger partial charge in [0.05, 0.1) is 25.4 Å². The van der Waals surface area contributed by atoms with Crippen molar-refractivity contribution in [2.45, 2.75) is 366 Å². The number of aliphatic hydroxyl groups excluding tert-OH is 2. The van der Waals surface area contributed by atoms with Crippen LogP contribution in [0.1, 0.15) is 354 Å². The maximum absolute atomic E-state index is 12.4.